The third-order valence-corrected chi connectivity index (χ3v) is 4.74. The van der Waals surface area contributed by atoms with Crippen molar-refractivity contribution in [2.75, 3.05) is 0 Å². The van der Waals surface area contributed by atoms with Gasteiger partial charge in [-0.1, -0.05) is 34.2 Å². The molecule has 0 spiro atoms. The number of aliphatic imine (C=N–C) groups is 1. The van der Waals surface area contributed by atoms with Crippen molar-refractivity contribution in [1.29, 1.82) is 0 Å². The summed E-state index contributed by atoms with van der Waals surface area (Å²) in [5, 5.41) is 0. The number of carbonyl (C=O) groups excluding carboxylic acids is 2. The number of isocyanates is 2. The first-order chi connectivity index (χ1) is 11.4. The van der Waals surface area contributed by atoms with Gasteiger partial charge in [-0.05, 0) is 49.1 Å². The molecule has 0 bridgehead atoms. The summed E-state index contributed by atoms with van der Waals surface area (Å²) in [5.41, 5.74) is 3.54. The van der Waals surface area contributed by atoms with E-state index in [-0.39, 0.29) is 4.90 Å². The molecule has 0 N–H and O–H groups in total. The van der Waals surface area contributed by atoms with Gasteiger partial charge in [0, 0.05) is 0 Å². The van der Waals surface area contributed by atoms with E-state index in [9.17, 15) is 18.0 Å². The van der Waals surface area contributed by atoms with Gasteiger partial charge in [-0.3, -0.25) is 0 Å². The molecular weight excluding hydrogens is 328 g/mol. The topological polar surface area (TPSA) is 93.0 Å². The summed E-state index contributed by atoms with van der Waals surface area (Å²) in [4.78, 5) is 24.3. The minimum absolute atomic E-state index is 0.0240. The van der Waals surface area contributed by atoms with Gasteiger partial charge in [0.1, 0.15) is 0 Å². The Morgan fingerprint density at radius 2 is 1.75 bits per heavy atom. The molecule has 0 atom stereocenters. The van der Waals surface area contributed by atoms with Crippen LogP contribution in [0.15, 0.2) is 50.7 Å². The second-order valence-electron chi connectivity index (χ2n) is 5.27. The van der Waals surface area contributed by atoms with Gasteiger partial charge in [-0.2, -0.15) is 13.4 Å². The molecule has 2 aromatic carbocycles. The van der Waals surface area contributed by atoms with Gasteiger partial charge in [-0.15, -0.1) is 0 Å². The number of nitrogens with zero attached hydrogens (tertiary/aromatic N) is 2. The van der Waals surface area contributed by atoms with Crippen molar-refractivity contribution in [3.05, 3.63) is 58.7 Å². The molecule has 0 fully saturated rings. The van der Waals surface area contributed by atoms with Gasteiger partial charge in [-0.25, -0.2) is 9.59 Å². The van der Waals surface area contributed by atoms with Crippen molar-refractivity contribution in [2.45, 2.75) is 25.2 Å². The first-order valence-electron chi connectivity index (χ1n) is 6.98. The van der Waals surface area contributed by atoms with Crippen LogP contribution in [0, 0.1) is 13.8 Å². The van der Waals surface area contributed by atoms with Crippen LogP contribution in [-0.4, -0.2) is 20.6 Å². The maximum atomic E-state index is 12.1. The summed E-state index contributed by atoms with van der Waals surface area (Å²) in [6, 6.07) is 10.1. The van der Waals surface area contributed by atoms with Crippen LogP contribution in [0.3, 0.4) is 0 Å². The zero-order valence-corrected chi connectivity index (χ0v) is 13.9. The minimum Gasteiger partial charge on any atom is -0.211 e. The SMILES string of the molecule is Cc1ccc(S(=O)(=O)N=C=O)c(Cc2ccc(N=C=O)c(C)c2)c1. The van der Waals surface area contributed by atoms with Crippen LogP contribution in [0.4, 0.5) is 5.69 Å². The molecule has 0 saturated carbocycles. The number of hydrogen-bond donors (Lipinski definition) is 0. The first-order valence-corrected chi connectivity index (χ1v) is 8.42. The standard InChI is InChI=1S/C17H14N2O4S/c1-12-3-6-17(24(22,23)19-11-21)15(7-12)9-14-4-5-16(18-10-20)13(2)8-14/h3-8H,9H2,1-2H3. The predicted molar refractivity (Wildman–Crippen MR) is 88.3 cm³/mol. The van der Waals surface area contributed by atoms with E-state index in [1.165, 1.54) is 12.1 Å². The van der Waals surface area contributed by atoms with Gasteiger partial charge in [0.25, 0.3) is 16.1 Å². The van der Waals surface area contributed by atoms with Crippen LogP contribution >= 0.6 is 0 Å². The summed E-state index contributed by atoms with van der Waals surface area (Å²) in [5.74, 6) is 0. The highest BCUT2D eigenvalue weighted by atomic mass is 32.2. The number of sulfonamides is 1. The van der Waals surface area contributed by atoms with Crippen LogP contribution in [-0.2, 0) is 26.0 Å². The van der Waals surface area contributed by atoms with E-state index < -0.39 is 10.0 Å². The normalized spacial score (nSPS) is 10.6. The van der Waals surface area contributed by atoms with Crippen molar-refractivity contribution < 1.29 is 18.0 Å². The van der Waals surface area contributed by atoms with E-state index in [1.807, 2.05) is 13.0 Å². The molecule has 24 heavy (non-hydrogen) atoms. The maximum Gasteiger partial charge on any atom is 0.292 e. The average Bonchev–Trinajstić information content (AvgIpc) is 2.50. The van der Waals surface area contributed by atoms with Crippen LogP contribution in [0.25, 0.3) is 0 Å². The summed E-state index contributed by atoms with van der Waals surface area (Å²) in [6.07, 6.45) is 2.90. The molecule has 0 aliphatic rings. The van der Waals surface area contributed by atoms with E-state index in [0.717, 1.165) is 22.8 Å². The Bertz CT molecular complexity index is 984. The fourth-order valence-corrected chi connectivity index (χ4v) is 3.32. The van der Waals surface area contributed by atoms with Crippen molar-refractivity contribution >= 4 is 27.9 Å². The zero-order chi connectivity index (χ0) is 17.7. The monoisotopic (exact) mass is 342 g/mol. The van der Waals surface area contributed by atoms with E-state index in [4.69, 9.17) is 0 Å². The molecule has 122 valence electrons. The first kappa shape index (κ1) is 17.5. The number of hydrogen-bond acceptors (Lipinski definition) is 5. The van der Waals surface area contributed by atoms with Crippen molar-refractivity contribution in [3.63, 3.8) is 0 Å². The van der Waals surface area contributed by atoms with E-state index in [1.54, 1.807) is 31.2 Å². The van der Waals surface area contributed by atoms with Crippen LogP contribution in [0.2, 0.25) is 0 Å². The fourth-order valence-electron chi connectivity index (χ4n) is 2.42. The zero-order valence-electron chi connectivity index (χ0n) is 13.1. The highest BCUT2D eigenvalue weighted by Gasteiger charge is 2.18. The Hall–Kier alpha value is -2.85. The highest BCUT2D eigenvalue weighted by Crippen LogP contribution is 2.25. The lowest BCUT2D eigenvalue weighted by atomic mass is 10.0. The van der Waals surface area contributed by atoms with Gasteiger partial charge in [0.05, 0.1) is 10.6 Å². The summed E-state index contributed by atoms with van der Waals surface area (Å²) in [6.45, 7) is 3.64. The quantitative estimate of drug-likeness (QED) is 0.617. The molecule has 0 amide bonds. The van der Waals surface area contributed by atoms with Gasteiger partial charge in [0.2, 0.25) is 6.08 Å². The minimum atomic E-state index is -4.07. The Morgan fingerprint density at radius 1 is 1.00 bits per heavy atom. The second kappa shape index (κ2) is 7.15. The highest BCUT2D eigenvalue weighted by molar-refractivity contribution is 7.90. The molecule has 2 rings (SSSR count). The Balaban J connectivity index is 2.50. The molecule has 0 radical (unpaired) electrons. The predicted octanol–water partition coefficient (Wildman–Crippen LogP) is 2.89. The molecule has 7 heteroatoms. The molecule has 0 saturated heterocycles. The van der Waals surface area contributed by atoms with E-state index in [0.29, 0.717) is 17.7 Å². The number of aryl methyl sites for hydroxylation is 2. The maximum absolute atomic E-state index is 12.1. The molecule has 0 aliphatic carbocycles. The summed E-state index contributed by atoms with van der Waals surface area (Å²) in [7, 11) is -4.07. The van der Waals surface area contributed by atoms with Gasteiger partial charge < -0.3 is 0 Å². The van der Waals surface area contributed by atoms with Crippen molar-refractivity contribution in [1.82, 2.24) is 0 Å². The molecule has 0 aliphatic heterocycles. The molecular formula is C17H14N2O4S. The Kier molecular flexibility index (Phi) is 5.21. The lowest BCUT2D eigenvalue weighted by Gasteiger charge is -2.10. The lowest BCUT2D eigenvalue weighted by Crippen LogP contribution is -2.03. The van der Waals surface area contributed by atoms with E-state index >= 15 is 0 Å². The Labute approximate surface area is 139 Å². The molecule has 0 heterocycles. The van der Waals surface area contributed by atoms with Crippen LogP contribution < -0.4 is 0 Å². The molecule has 2 aromatic rings. The number of benzene rings is 2. The third kappa shape index (κ3) is 3.91. The van der Waals surface area contributed by atoms with Crippen LogP contribution in [0.5, 0.6) is 0 Å². The van der Waals surface area contributed by atoms with Crippen molar-refractivity contribution in [3.8, 4) is 0 Å². The van der Waals surface area contributed by atoms with Crippen LogP contribution in [0.1, 0.15) is 22.3 Å². The van der Waals surface area contributed by atoms with Crippen molar-refractivity contribution in [2.24, 2.45) is 9.39 Å². The van der Waals surface area contributed by atoms with Gasteiger partial charge >= 0.3 is 0 Å². The average molecular weight is 342 g/mol. The Morgan fingerprint density at radius 3 is 2.38 bits per heavy atom. The molecule has 6 nitrogen and oxygen atoms in total. The molecule has 0 unspecified atom stereocenters. The lowest BCUT2D eigenvalue weighted by molar-refractivity contribution is 0.563. The molecule has 0 aromatic heterocycles. The smallest absolute Gasteiger partial charge is 0.211 e. The fraction of sp³-hybridized carbons (Fsp3) is 0.176. The third-order valence-electron chi connectivity index (χ3n) is 3.47. The number of rotatable bonds is 5. The largest absolute Gasteiger partial charge is 0.292 e. The van der Waals surface area contributed by atoms with Gasteiger partial charge in [0.15, 0.2) is 0 Å². The second-order valence-corrected chi connectivity index (χ2v) is 6.84. The summed E-state index contributed by atoms with van der Waals surface area (Å²) >= 11 is 0. The van der Waals surface area contributed by atoms with E-state index in [2.05, 4.69) is 9.39 Å². The summed E-state index contributed by atoms with van der Waals surface area (Å²) < 4.78 is 27.1.